The molecule has 23 heavy (non-hydrogen) atoms. The highest BCUT2D eigenvalue weighted by Crippen LogP contribution is 2.27. The van der Waals surface area contributed by atoms with Crippen LogP contribution in [0.5, 0.6) is 5.75 Å². The molecule has 0 saturated heterocycles. The lowest BCUT2D eigenvalue weighted by atomic mass is 10.2. The first-order chi connectivity index (χ1) is 11.1. The molecule has 1 aromatic carbocycles. The number of pyridine rings is 1. The van der Waals surface area contributed by atoms with E-state index < -0.39 is 0 Å². The van der Waals surface area contributed by atoms with Crippen LogP contribution in [-0.4, -0.2) is 38.3 Å². The highest BCUT2D eigenvalue weighted by Gasteiger charge is 2.10. The molecule has 0 saturated carbocycles. The van der Waals surface area contributed by atoms with Crippen molar-refractivity contribution in [3.63, 3.8) is 0 Å². The molecule has 0 bridgehead atoms. The summed E-state index contributed by atoms with van der Waals surface area (Å²) in [4.78, 5) is 16.3. The molecule has 1 heterocycles. The van der Waals surface area contributed by atoms with Crippen molar-refractivity contribution in [1.82, 2.24) is 4.98 Å². The average Bonchev–Trinajstić information content (AvgIpc) is 2.55. The van der Waals surface area contributed by atoms with E-state index in [4.69, 9.17) is 21.1 Å². The molecule has 2 rings (SSSR count). The minimum atomic E-state index is -0.318. The number of aromatic nitrogens is 1. The number of nitrogens with zero attached hydrogens (tertiary/aromatic N) is 1. The molecule has 1 amide bonds. The molecule has 7 heteroatoms. The lowest BCUT2D eigenvalue weighted by Crippen LogP contribution is -2.14. The Balaban J connectivity index is 2.05. The van der Waals surface area contributed by atoms with E-state index in [0.29, 0.717) is 35.3 Å². The van der Waals surface area contributed by atoms with Gasteiger partial charge in [0.25, 0.3) is 5.91 Å². The molecule has 0 aliphatic heterocycles. The van der Waals surface area contributed by atoms with Gasteiger partial charge >= 0.3 is 0 Å². The fraction of sp³-hybridized carbons (Fsp3) is 0.250. The zero-order valence-electron chi connectivity index (χ0n) is 12.9. The summed E-state index contributed by atoms with van der Waals surface area (Å²) in [6.07, 6.45) is 1.57. The van der Waals surface area contributed by atoms with Crippen LogP contribution in [0.25, 0.3) is 0 Å². The number of methoxy groups -OCH3 is 2. The molecular formula is C16H18ClN3O3. The van der Waals surface area contributed by atoms with Gasteiger partial charge < -0.3 is 20.1 Å². The van der Waals surface area contributed by atoms with E-state index in [-0.39, 0.29) is 5.91 Å². The average molecular weight is 336 g/mol. The lowest BCUT2D eigenvalue weighted by Gasteiger charge is -2.09. The number of halogens is 1. The highest BCUT2D eigenvalue weighted by molar-refractivity contribution is 6.32. The topological polar surface area (TPSA) is 72.5 Å². The predicted octanol–water partition coefficient (Wildman–Crippen LogP) is 3.05. The maximum Gasteiger partial charge on any atom is 0.274 e. The molecule has 6 nitrogen and oxygen atoms in total. The first-order valence-corrected chi connectivity index (χ1v) is 7.35. The predicted molar refractivity (Wildman–Crippen MR) is 90.6 cm³/mol. The Morgan fingerprint density at radius 2 is 2.04 bits per heavy atom. The van der Waals surface area contributed by atoms with Crippen LogP contribution in [0.15, 0.2) is 36.5 Å². The molecule has 0 fully saturated rings. The number of rotatable bonds is 7. The van der Waals surface area contributed by atoms with Gasteiger partial charge in [-0.05, 0) is 30.3 Å². The second-order valence-corrected chi connectivity index (χ2v) is 5.06. The van der Waals surface area contributed by atoms with Crippen LogP contribution in [0, 0.1) is 0 Å². The molecule has 0 spiro atoms. The van der Waals surface area contributed by atoms with E-state index in [0.717, 1.165) is 5.69 Å². The van der Waals surface area contributed by atoms with Crippen LogP contribution in [-0.2, 0) is 4.74 Å². The summed E-state index contributed by atoms with van der Waals surface area (Å²) < 4.78 is 10.0. The number of carbonyl (C=O) groups is 1. The van der Waals surface area contributed by atoms with Gasteiger partial charge in [0.2, 0.25) is 0 Å². The second-order valence-electron chi connectivity index (χ2n) is 4.65. The highest BCUT2D eigenvalue weighted by atomic mass is 35.5. The largest absolute Gasteiger partial charge is 0.495 e. The third-order valence-corrected chi connectivity index (χ3v) is 3.33. The standard InChI is InChI=1S/C16H18ClN3O3/c1-22-8-7-18-11-5-6-19-14(10-11)16(21)20-12-3-4-15(23-2)13(17)9-12/h3-6,9-10H,7-8H2,1-2H3,(H,18,19)(H,20,21). The van der Waals surface area contributed by atoms with Crippen molar-refractivity contribution in [3.05, 3.63) is 47.2 Å². The molecular weight excluding hydrogens is 318 g/mol. The molecule has 2 N–H and O–H groups in total. The van der Waals surface area contributed by atoms with Gasteiger partial charge in [-0.15, -0.1) is 0 Å². The number of hydrogen-bond donors (Lipinski definition) is 2. The van der Waals surface area contributed by atoms with E-state index in [1.807, 2.05) is 0 Å². The summed E-state index contributed by atoms with van der Waals surface area (Å²) in [5, 5.41) is 6.32. The van der Waals surface area contributed by atoms with E-state index in [2.05, 4.69) is 15.6 Å². The monoisotopic (exact) mass is 335 g/mol. The van der Waals surface area contributed by atoms with Crippen molar-refractivity contribution < 1.29 is 14.3 Å². The van der Waals surface area contributed by atoms with Crippen molar-refractivity contribution in [1.29, 1.82) is 0 Å². The van der Waals surface area contributed by atoms with Crippen LogP contribution in [0.2, 0.25) is 5.02 Å². The molecule has 0 radical (unpaired) electrons. The van der Waals surface area contributed by atoms with Crippen molar-refractivity contribution in [2.75, 3.05) is 38.0 Å². The van der Waals surface area contributed by atoms with Gasteiger partial charge in [0.05, 0.1) is 18.7 Å². The summed E-state index contributed by atoms with van der Waals surface area (Å²) in [5.74, 6) is 0.230. The fourth-order valence-electron chi connectivity index (χ4n) is 1.90. The Bertz CT molecular complexity index is 679. The van der Waals surface area contributed by atoms with Crippen LogP contribution < -0.4 is 15.4 Å². The summed E-state index contributed by atoms with van der Waals surface area (Å²) in [6, 6.07) is 8.49. The molecule has 0 aliphatic rings. The number of hydrogen-bond acceptors (Lipinski definition) is 5. The zero-order chi connectivity index (χ0) is 16.7. The van der Waals surface area contributed by atoms with Gasteiger partial charge in [0.15, 0.2) is 0 Å². The van der Waals surface area contributed by atoms with Gasteiger partial charge in [-0.1, -0.05) is 11.6 Å². The summed E-state index contributed by atoms with van der Waals surface area (Å²) >= 11 is 6.04. The number of ether oxygens (including phenoxy) is 2. The molecule has 0 unspecified atom stereocenters. The van der Waals surface area contributed by atoms with Crippen molar-refractivity contribution in [3.8, 4) is 5.75 Å². The van der Waals surface area contributed by atoms with Gasteiger partial charge in [0, 0.05) is 31.2 Å². The van der Waals surface area contributed by atoms with E-state index in [1.165, 1.54) is 7.11 Å². The number of benzene rings is 1. The number of amides is 1. The van der Waals surface area contributed by atoms with Crippen molar-refractivity contribution in [2.45, 2.75) is 0 Å². The molecule has 122 valence electrons. The maximum atomic E-state index is 12.3. The lowest BCUT2D eigenvalue weighted by molar-refractivity contribution is 0.102. The molecule has 0 aliphatic carbocycles. The smallest absolute Gasteiger partial charge is 0.274 e. The quantitative estimate of drug-likeness (QED) is 0.761. The van der Waals surface area contributed by atoms with E-state index >= 15 is 0 Å². The Labute approximate surface area is 139 Å². The van der Waals surface area contributed by atoms with Crippen LogP contribution in [0.1, 0.15) is 10.5 Å². The summed E-state index contributed by atoms with van der Waals surface area (Å²) in [7, 11) is 3.17. The van der Waals surface area contributed by atoms with Crippen LogP contribution in [0.4, 0.5) is 11.4 Å². The van der Waals surface area contributed by atoms with Gasteiger partial charge in [-0.25, -0.2) is 0 Å². The third-order valence-electron chi connectivity index (χ3n) is 3.04. The molecule has 1 aromatic heterocycles. The Hall–Kier alpha value is -2.31. The van der Waals surface area contributed by atoms with E-state index in [1.54, 1.807) is 43.6 Å². The minimum absolute atomic E-state index is 0.305. The van der Waals surface area contributed by atoms with Gasteiger partial charge in [-0.3, -0.25) is 9.78 Å². The Morgan fingerprint density at radius 3 is 2.74 bits per heavy atom. The number of nitrogens with one attached hydrogen (secondary N) is 2. The van der Waals surface area contributed by atoms with Gasteiger partial charge in [-0.2, -0.15) is 0 Å². The van der Waals surface area contributed by atoms with E-state index in [9.17, 15) is 4.79 Å². The number of anilines is 2. The maximum absolute atomic E-state index is 12.3. The number of carbonyl (C=O) groups excluding carboxylic acids is 1. The fourth-order valence-corrected chi connectivity index (χ4v) is 2.16. The third kappa shape index (κ3) is 4.84. The Morgan fingerprint density at radius 1 is 1.22 bits per heavy atom. The summed E-state index contributed by atoms with van der Waals surface area (Å²) in [5.41, 5.74) is 1.68. The second kappa shape index (κ2) is 8.36. The van der Waals surface area contributed by atoms with Crippen LogP contribution >= 0.6 is 11.6 Å². The van der Waals surface area contributed by atoms with Crippen molar-refractivity contribution >= 4 is 28.9 Å². The van der Waals surface area contributed by atoms with Gasteiger partial charge in [0.1, 0.15) is 11.4 Å². The normalized spacial score (nSPS) is 10.2. The zero-order valence-corrected chi connectivity index (χ0v) is 13.7. The Kier molecular flexibility index (Phi) is 6.19. The SMILES string of the molecule is COCCNc1ccnc(C(=O)Nc2ccc(OC)c(Cl)c2)c1. The first-order valence-electron chi connectivity index (χ1n) is 6.98. The first kappa shape index (κ1) is 17.1. The molecule has 2 aromatic rings. The summed E-state index contributed by atoms with van der Waals surface area (Å²) in [6.45, 7) is 1.23. The molecule has 0 atom stereocenters. The minimum Gasteiger partial charge on any atom is -0.495 e. The van der Waals surface area contributed by atoms with Crippen LogP contribution in [0.3, 0.4) is 0 Å². The van der Waals surface area contributed by atoms with Crippen molar-refractivity contribution in [2.24, 2.45) is 0 Å².